The molecule has 5 heteroatoms. The number of amides is 2. The fraction of sp³-hybridized carbons (Fsp3) is 0.133. The number of hydrogen-bond donors (Lipinski definition) is 1. The molecule has 3 nitrogen and oxygen atoms in total. The van der Waals surface area contributed by atoms with Crippen LogP contribution in [0.5, 0.6) is 0 Å². The van der Waals surface area contributed by atoms with Gasteiger partial charge < -0.3 is 10.2 Å². The Kier molecular flexibility index (Phi) is 4.30. The molecule has 0 aromatic heterocycles. The van der Waals surface area contributed by atoms with E-state index >= 15 is 0 Å². The van der Waals surface area contributed by atoms with E-state index in [-0.39, 0.29) is 18.1 Å². The molecule has 0 atom stereocenters. The van der Waals surface area contributed by atoms with Crippen LogP contribution < -0.4 is 5.32 Å². The second-order valence-electron chi connectivity index (χ2n) is 4.39. The third-order valence-corrected chi connectivity index (χ3v) is 2.79. The Morgan fingerprint density at radius 1 is 1.15 bits per heavy atom. The summed E-state index contributed by atoms with van der Waals surface area (Å²) in [6.07, 6.45) is 0. The Bertz CT molecular complexity index is 602. The SMILES string of the molecule is CN(Cc1ccc(F)cc1F)C(=O)Nc1ccccc1. The zero-order valence-electron chi connectivity index (χ0n) is 10.9. The van der Waals surface area contributed by atoms with E-state index in [4.69, 9.17) is 0 Å². The Hall–Kier alpha value is -2.43. The van der Waals surface area contributed by atoms with Crippen LogP contribution in [0.2, 0.25) is 0 Å². The summed E-state index contributed by atoms with van der Waals surface area (Å²) in [7, 11) is 1.54. The Labute approximate surface area is 115 Å². The number of rotatable bonds is 3. The van der Waals surface area contributed by atoms with Gasteiger partial charge in [0.15, 0.2) is 0 Å². The van der Waals surface area contributed by atoms with Gasteiger partial charge in [-0.2, -0.15) is 0 Å². The minimum atomic E-state index is -0.663. The van der Waals surface area contributed by atoms with Gasteiger partial charge in [0, 0.05) is 30.9 Å². The lowest BCUT2D eigenvalue weighted by Crippen LogP contribution is -2.31. The van der Waals surface area contributed by atoms with Gasteiger partial charge in [0.05, 0.1) is 0 Å². The summed E-state index contributed by atoms with van der Waals surface area (Å²) in [4.78, 5) is 13.2. The molecule has 20 heavy (non-hydrogen) atoms. The predicted octanol–water partition coefficient (Wildman–Crippen LogP) is 3.63. The van der Waals surface area contributed by atoms with E-state index in [0.29, 0.717) is 5.69 Å². The summed E-state index contributed by atoms with van der Waals surface area (Å²) >= 11 is 0. The van der Waals surface area contributed by atoms with Gasteiger partial charge in [-0.15, -0.1) is 0 Å². The summed E-state index contributed by atoms with van der Waals surface area (Å²) < 4.78 is 26.3. The normalized spacial score (nSPS) is 10.2. The van der Waals surface area contributed by atoms with Crippen LogP contribution in [0, 0.1) is 11.6 Å². The van der Waals surface area contributed by atoms with Crippen LogP contribution in [0.1, 0.15) is 5.56 Å². The molecule has 0 fully saturated rings. The number of carbonyl (C=O) groups excluding carboxylic acids is 1. The highest BCUT2D eigenvalue weighted by Crippen LogP contribution is 2.13. The van der Waals surface area contributed by atoms with Gasteiger partial charge in [-0.05, 0) is 18.2 Å². The van der Waals surface area contributed by atoms with Crippen LogP contribution in [-0.2, 0) is 6.54 Å². The first-order valence-corrected chi connectivity index (χ1v) is 6.07. The maximum absolute atomic E-state index is 13.5. The van der Waals surface area contributed by atoms with E-state index < -0.39 is 11.6 Å². The summed E-state index contributed by atoms with van der Waals surface area (Å²) in [6, 6.07) is 11.9. The van der Waals surface area contributed by atoms with E-state index in [1.807, 2.05) is 6.07 Å². The highest BCUT2D eigenvalue weighted by molar-refractivity contribution is 5.89. The van der Waals surface area contributed by atoms with Crippen molar-refractivity contribution < 1.29 is 13.6 Å². The average molecular weight is 276 g/mol. The lowest BCUT2D eigenvalue weighted by Gasteiger charge is -2.18. The fourth-order valence-corrected chi connectivity index (χ4v) is 1.72. The van der Waals surface area contributed by atoms with Crippen molar-refractivity contribution in [1.29, 1.82) is 0 Å². The monoisotopic (exact) mass is 276 g/mol. The lowest BCUT2D eigenvalue weighted by atomic mass is 10.2. The zero-order chi connectivity index (χ0) is 14.5. The summed E-state index contributed by atoms with van der Waals surface area (Å²) in [5, 5.41) is 2.68. The molecule has 0 heterocycles. The Morgan fingerprint density at radius 3 is 2.50 bits per heavy atom. The maximum Gasteiger partial charge on any atom is 0.321 e. The second kappa shape index (κ2) is 6.14. The number of nitrogens with one attached hydrogen (secondary N) is 1. The van der Waals surface area contributed by atoms with Gasteiger partial charge in [0.1, 0.15) is 11.6 Å². The van der Waals surface area contributed by atoms with E-state index in [1.54, 1.807) is 31.3 Å². The molecule has 0 bridgehead atoms. The molecule has 2 amide bonds. The van der Waals surface area contributed by atoms with Gasteiger partial charge in [0.2, 0.25) is 0 Å². The standard InChI is InChI=1S/C15H14F2N2O/c1-19(10-11-7-8-12(16)9-14(11)17)15(20)18-13-5-3-2-4-6-13/h2-9H,10H2,1H3,(H,18,20). The highest BCUT2D eigenvalue weighted by atomic mass is 19.1. The van der Waals surface area contributed by atoms with Crippen molar-refractivity contribution in [3.05, 3.63) is 65.7 Å². The Balaban J connectivity index is 2.00. The fourth-order valence-electron chi connectivity index (χ4n) is 1.72. The number of hydrogen-bond acceptors (Lipinski definition) is 1. The highest BCUT2D eigenvalue weighted by Gasteiger charge is 2.12. The lowest BCUT2D eigenvalue weighted by molar-refractivity contribution is 0.220. The molecule has 0 aliphatic heterocycles. The predicted molar refractivity (Wildman–Crippen MR) is 73.3 cm³/mol. The van der Waals surface area contributed by atoms with Gasteiger partial charge in [-0.1, -0.05) is 24.3 Å². The molecule has 0 aliphatic carbocycles. The summed E-state index contributed by atoms with van der Waals surface area (Å²) in [5.41, 5.74) is 0.918. The maximum atomic E-state index is 13.5. The zero-order valence-corrected chi connectivity index (χ0v) is 10.9. The molecule has 2 rings (SSSR count). The van der Waals surface area contributed by atoms with Crippen molar-refractivity contribution >= 4 is 11.7 Å². The molecule has 0 radical (unpaired) electrons. The number of benzene rings is 2. The first kappa shape index (κ1) is 14.0. The van der Waals surface area contributed by atoms with Crippen LogP contribution in [0.4, 0.5) is 19.3 Å². The molecule has 0 saturated carbocycles. The van der Waals surface area contributed by atoms with Crippen LogP contribution in [-0.4, -0.2) is 18.0 Å². The van der Waals surface area contributed by atoms with Gasteiger partial charge in [-0.3, -0.25) is 0 Å². The molecular weight excluding hydrogens is 262 g/mol. The van der Waals surface area contributed by atoms with Crippen molar-refractivity contribution in [3.8, 4) is 0 Å². The summed E-state index contributed by atoms with van der Waals surface area (Å²) in [5.74, 6) is -1.30. The van der Waals surface area contributed by atoms with Crippen LogP contribution in [0.25, 0.3) is 0 Å². The van der Waals surface area contributed by atoms with E-state index in [1.165, 1.54) is 17.0 Å². The third kappa shape index (κ3) is 3.54. The van der Waals surface area contributed by atoms with E-state index in [9.17, 15) is 13.6 Å². The van der Waals surface area contributed by atoms with Crippen molar-refractivity contribution in [2.75, 3.05) is 12.4 Å². The topological polar surface area (TPSA) is 32.3 Å². The first-order valence-electron chi connectivity index (χ1n) is 6.07. The molecule has 1 N–H and O–H groups in total. The Morgan fingerprint density at radius 2 is 1.85 bits per heavy atom. The molecule has 0 aliphatic rings. The van der Waals surface area contributed by atoms with Crippen molar-refractivity contribution in [2.45, 2.75) is 6.54 Å². The largest absolute Gasteiger partial charge is 0.323 e. The molecule has 0 saturated heterocycles. The number of nitrogens with zero attached hydrogens (tertiary/aromatic N) is 1. The van der Waals surface area contributed by atoms with E-state index in [0.717, 1.165) is 6.07 Å². The van der Waals surface area contributed by atoms with Gasteiger partial charge >= 0.3 is 6.03 Å². The van der Waals surface area contributed by atoms with Gasteiger partial charge in [0.25, 0.3) is 0 Å². The minimum Gasteiger partial charge on any atom is -0.323 e. The number of anilines is 1. The van der Waals surface area contributed by atoms with E-state index in [2.05, 4.69) is 5.32 Å². The second-order valence-corrected chi connectivity index (χ2v) is 4.39. The average Bonchev–Trinajstić information content (AvgIpc) is 2.43. The van der Waals surface area contributed by atoms with Crippen LogP contribution in [0.3, 0.4) is 0 Å². The number of urea groups is 1. The van der Waals surface area contributed by atoms with Gasteiger partial charge in [-0.25, -0.2) is 13.6 Å². The molecular formula is C15H14F2N2O. The molecule has 104 valence electrons. The molecule has 2 aromatic carbocycles. The molecule has 0 spiro atoms. The minimum absolute atomic E-state index is 0.0603. The number of para-hydroxylation sites is 1. The first-order chi connectivity index (χ1) is 9.56. The third-order valence-electron chi connectivity index (χ3n) is 2.79. The van der Waals surface area contributed by atoms with Crippen molar-refractivity contribution in [2.24, 2.45) is 0 Å². The van der Waals surface area contributed by atoms with Crippen LogP contribution >= 0.6 is 0 Å². The number of halogens is 2. The quantitative estimate of drug-likeness (QED) is 0.912. The number of carbonyl (C=O) groups is 1. The van der Waals surface area contributed by atoms with Crippen LogP contribution in [0.15, 0.2) is 48.5 Å². The summed E-state index contributed by atoms with van der Waals surface area (Å²) in [6.45, 7) is 0.0603. The molecule has 0 unspecified atom stereocenters. The molecule has 2 aromatic rings. The van der Waals surface area contributed by atoms with Crippen molar-refractivity contribution in [3.63, 3.8) is 0 Å². The smallest absolute Gasteiger partial charge is 0.321 e. The van der Waals surface area contributed by atoms with Crippen molar-refractivity contribution in [1.82, 2.24) is 4.90 Å².